The lowest BCUT2D eigenvalue weighted by molar-refractivity contribution is -0.135. The third-order valence-electron chi connectivity index (χ3n) is 7.59. The SMILES string of the molecule is CCC(=O)[C@H](CCc1ccccc1)NC(=O)CCC(=O)[C@H](CCCNC(N)=O)NC(=O)[C@H](CO)CC(=O)[C@@H](C)CCCN=C(N)N. The first-order valence-corrected chi connectivity index (χ1v) is 15.8. The number of rotatable bonds is 24. The fourth-order valence-electron chi connectivity index (χ4n) is 4.77. The van der Waals surface area contributed by atoms with Gasteiger partial charge in [0.05, 0.1) is 24.6 Å². The number of carbonyl (C=O) groups is 6. The summed E-state index contributed by atoms with van der Waals surface area (Å²) in [4.78, 5) is 79.2. The number of nitrogens with zero attached hydrogens (tertiary/aromatic N) is 1. The van der Waals surface area contributed by atoms with Gasteiger partial charge in [-0.15, -0.1) is 0 Å². The average Bonchev–Trinajstić information content (AvgIpc) is 3.03. The van der Waals surface area contributed by atoms with Crippen LogP contribution in [0.1, 0.15) is 77.2 Å². The van der Waals surface area contributed by atoms with Gasteiger partial charge >= 0.3 is 6.03 Å². The van der Waals surface area contributed by atoms with E-state index in [9.17, 15) is 33.9 Å². The second-order valence-electron chi connectivity index (χ2n) is 11.3. The molecule has 0 spiro atoms. The van der Waals surface area contributed by atoms with E-state index in [0.717, 1.165) is 5.56 Å². The summed E-state index contributed by atoms with van der Waals surface area (Å²) in [5.74, 6) is -3.46. The van der Waals surface area contributed by atoms with Gasteiger partial charge in [-0.25, -0.2) is 4.79 Å². The van der Waals surface area contributed by atoms with E-state index in [4.69, 9.17) is 17.2 Å². The monoisotopic (exact) mass is 645 g/mol. The molecule has 4 amide bonds. The van der Waals surface area contributed by atoms with Gasteiger partial charge in [0.25, 0.3) is 0 Å². The number of aliphatic hydroxyl groups excluding tert-OH is 1. The predicted molar refractivity (Wildman–Crippen MR) is 174 cm³/mol. The number of nitrogens with one attached hydrogen (secondary N) is 3. The van der Waals surface area contributed by atoms with Crippen LogP contribution in [-0.4, -0.2) is 78.0 Å². The number of aliphatic hydroxyl groups is 1. The first-order chi connectivity index (χ1) is 21.9. The van der Waals surface area contributed by atoms with Crippen LogP contribution in [0.2, 0.25) is 0 Å². The molecule has 0 unspecified atom stereocenters. The van der Waals surface area contributed by atoms with E-state index in [1.165, 1.54) is 0 Å². The lowest BCUT2D eigenvalue weighted by Gasteiger charge is -2.22. The highest BCUT2D eigenvalue weighted by Crippen LogP contribution is 2.15. The van der Waals surface area contributed by atoms with Gasteiger partial charge in [0.2, 0.25) is 11.8 Å². The van der Waals surface area contributed by atoms with Gasteiger partial charge in [0.15, 0.2) is 17.5 Å². The number of Topliss-reactive ketones (excluding diaryl/α,β-unsaturated/α-hetero) is 3. The zero-order valence-corrected chi connectivity index (χ0v) is 27.0. The molecule has 0 bridgehead atoms. The molecule has 0 aromatic heterocycles. The van der Waals surface area contributed by atoms with E-state index in [1.807, 2.05) is 30.3 Å². The van der Waals surface area contributed by atoms with E-state index in [-0.39, 0.29) is 62.6 Å². The van der Waals surface area contributed by atoms with Crippen LogP contribution in [0.5, 0.6) is 0 Å². The molecule has 46 heavy (non-hydrogen) atoms. The van der Waals surface area contributed by atoms with Crippen LogP contribution in [-0.2, 0) is 30.4 Å². The molecule has 0 aliphatic rings. The van der Waals surface area contributed by atoms with Crippen molar-refractivity contribution in [2.45, 2.75) is 90.1 Å². The van der Waals surface area contributed by atoms with Crippen LogP contribution in [0.4, 0.5) is 4.79 Å². The van der Waals surface area contributed by atoms with Crippen LogP contribution in [0.3, 0.4) is 0 Å². The molecule has 0 fully saturated rings. The Kier molecular flexibility index (Phi) is 19.2. The summed E-state index contributed by atoms with van der Waals surface area (Å²) in [6, 6.07) is 7.10. The zero-order valence-electron chi connectivity index (χ0n) is 27.0. The Labute approximate surface area is 270 Å². The third kappa shape index (κ3) is 16.7. The third-order valence-corrected chi connectivity index (χ3v) is 7.59. The highest BCUT2D eigenvalue weighted by molar-refractivity contribution is 5.94. The maximum Gasteiger partial charge on any atom is 0.312 e. The lowest BCUT2D eigenvalue weighted by atomic mass is 9.91. The minimum atomic E-state index is -1.08. The Bertz CT molecular complexity index is 1170. The fourth-order valence-corrected chi connectivity index (χ4v) is 4.77. The van der Waals surface area contributed by atoms with Gasteiger partial charge in [-0.1, -0.05) is 44.2 Å². The van der Waals surface area contributed by atoms with E-state index >= 15 is 0 Å². The molecular formula is C32H51N7O7. The Hall–Kier alpha value is -4.33. The van der Waals surface area contributed by atoms with Crippen LogP contribution in [0.15, 0.2) is 35.3 Å². The normalized spacial score (nSPS) is 13.4. The molecule has 1 aromatic rings. The first kappa shape index (κ1) is 39.7. The molecule has 4 atom stereocenters. The molecule has 10 N–H and O–H groups in total. The average molecular weight is 646 g/mol. The molecule has 256 valence electrons. The number of guanidine groups is 1. The number of hydrogen-bond acceptors (Lipinski definition) is 8. The first-order valence-electron chi connectivity index (χ1n) is 15.8. The Balaban J connectivity index is 2.81. The number of hydrogen-bond donors (Lipinski definition) is 7. The minimum Gasteiger partial charge on any atom is -0.396 e. The van der Waals surface area contributed by atoms with Crippen molar-refractivity contribution in [2.24, 2.45) is 34.0 Å². The molecule has 0 saturated carbocycles. The summed E-state index contributed by atoms with van der Waals surface area (Å²) in [6.45, 7) is 3.34. The van der Waals surface area contributed by atoms with Gasteiger partial charge in [-0.2, -0.15) is 0 Å². The van der Waals surface area contributed by atoms with E-state index < -0.39 is 54.2 Å². The van der Waals surface area contributed by atoms with Gasteiger partial charge in [-0.05, 0) is 44.1 Å². The molecule has 14 heteroatoms. The lowest BCUT2D eigenvalue weighted by Crippen LogP contribution is -2.46. The molecule has 0 aliphatic heterocycles. The number of ketones is 3. The Morgan fingerprint density at radius 1 is 0.848 bits per heavy atom. The molecule has 0 radical (unpaired) electrons. The van der Waals surface area contributed by atoms with Gasteiger partial charge in [-0.3, -0.25) is 29.0 Å². The number of primary amides is 1. The van der Waals surface area contributed by atoms with E-state index in [1.54, 1.807) is 13.8 Å². The van der Waals surface area contributed by atoms with Gasteiger partial charge in [0.1, 0.15) is 5.78 Å². The summed E-state index contributed by atoms with van der Waals surface area (Å²) in [5.41, 5.74) is 16.7. The number of aliphatic imine (C=N–C) groups is 1. The van der Waals surface area contributed by atoms with Crippen LogP contribution in [0.25, 0.3) is 0 Å². The molecule has 0 saturated heterocycles. The fraction of sp³-hybridized carbons (Fsp3) is 0.594. The van der Waals surface area contributed by atoms with Crippen LogP contribution < -0.4 is 33.2 Å². The maximum atomic E-state index is 13.2. The number of urea groups is 1. The number of nitrogens with two attached hydrogens (primary N) is 3. The highest BCUT2D eigenvalue weighted by Gasteiger charge is 2.28. The van der Waals surface area contributed by atoms with E-state index in [0.29, 0.717) is 32.2 Å². The second kappa shape index (κ2) is 22.2. The maximum absolute atomic E-state index is 13.2. The van der Waals surface area contributed by atoms with Crippen molar-refractivity contribution < 1.29 is 33.9 Å². The topological polar surface area (TPSA) is 249 Å². The predicted octanol–water partition coefficient (Wildman–Crippen LogP) is 0.623. The van der Waals surface area contributed by atoms with Crippen molar-refractivity contribution >= 4 is 41.2 Å². The van der Waals surface area contributed by atoms with Crippen molar-refractivity contribution in [2.75, 3.05) is 19.7 Å². The smallest absolute Gasteiger partial charge is 0.312 e. The summed E-state index contributed by atoms with van der Waals surface area (Å²) in [6.07, 6.45) is 2.05. The van der Waals surface area contributed by atoms with Crippen molar-refractivity contribution in [3.05, 3.63) is 35.9 Å². The molecule has 0 heterocycles. The summed E-state index contributed by atoms with van der Waals surface area (Å²) < 4.78 is 0. The highest BCUT2D eigenvalue weighted by atomic mass is 16.3. The Morgan fingerprint density at radius 2 is 1.52 bits per heavy atom. The van der Waals surface area contributed by atoms with Crippen molar-refractivity contribution in [3.63, 3.8) is 0 Å². The number of aryl methyl sites for hydroxylation is 1. The van der Waals surface area contributed by atoms with E-state index in [2.05, 4.69) is 20.9 Å². The Morgan fingerprint density at radius 3 is 2.13 bits per heavy atom. The number of carbonyl (C=O) groups excluding carboxylic acids is 6. The molecule has 1 aromatic carbocycles. The molecule has 14 nitrogen and oxygen atoms in total. The zero-order chi connectivity index (χ0) is 34.5. The summed E-state index contributed by atoms with van der Waals surface area (Å²) in [7, 11) is 0. The molecule has 0 aliphatic carbocycles. The number of benzene rings is 1. The van der Waals surface area contributed by atoms with Crippen molar-refractivity contribution in [3.8, 4) is 0 Å². The van der Waals surface area contributed by atoms with Gasteiger partial charge < -0.3 is 38.3 Å². The standard InChI is InChI=1S/C32H51N7O7/c1-3-26(41)25(14-13-22-10-5-4-6-11-22)38-29(44)16-15-27(42)24(12-8-18-37-32(35)46)39-30(45)23(20-40)19-28(43)21(2)9-7-17-36-31(33)34/h4-6,10-11,21,23-25,40H,3,7-9,12-20H2,1-2H3,(H,38,44)(H,39,45)(H4,33,34,36)(H3,35,37,46)/t21-,23-,24-,25-/m0/s1. The largest absolute Gasteiger partial charge is 0.396 e. The van der Waals surface area contributed by atoms with Crippen LogP contribution >= 0.6 is 0 Å². The van der Waals surface area contributed by atoms with Crippen LogP contribution in [0, 0.1) is 11.8 Å². The van der Waals surface area contributed by atoms with Crippen molar-refractivity contribution in [1.82, 2.24) is 16.0 Å². The second-order valence-corrected chi connectivity index (χ2v) is 11.3. The summed E-state index contributed by atoms with van der Waals surface area (Å²) in [5, 5.41) is 17.7. The quantitative estimate of drug-likeness (QED) is 0.0472. The molecule has 1 rings (SSSR count). The summed E-state index contributed by atoms with van der Waals surface area (Å²) >= 11 is 0. The van der Waals surface area contributed by atoms with Crippen molar-refractivity contribution in [1.29, 1.82) is 0 Å². The molecular weight excluding hydrogens is 594 g/mol. The number of amides is 4. The van der Waals surface area contributed by atoms with Gasteiger partial charge in [0, 0.05) is 44.7 Å². The minimum absolute atomic E-state index is 0.0410.